The first kappa shape index (κ1) is 13.8. The highest BCUT2D eigenvalue weighted by molar-refractivity contribution is 7.84. The fraction of sp³-hybridized carbons (Fsp3) is 0.500. The van der Waals surface area contributed by atoms with E-state index in [1.807, 2.05) is 0 Å². The van der Waals surface area contributed by atoms with Crippen LogP contribution in [0.25, 0.3) is 10.9 Å². The summed E-state index contributed by atoms with van der Waals surface area (Å²) in [4.78, 5) is 3.59. The number of fused-ring (bicyclic) bond motifs is 3. The summed E-state index contributed by atoms with van der Waals surface area (Å²) >= 11 is 0. The van der Waals surface area contributed by atoms with Crippen molar-refractivity contribution in [2.75, 3.05) is 18.6 Å². The Morgan fingerprint density at radius 1 is 1.40 bits per heavy atom. The number of aromatic amines is 1. The Balaban J connectivity index is 1.74. The van der Waals surface area contributed by atoms with Gasteiger partial charge in [0.05, 0.1) is 0 Å². The Morgan fingerprint density at radius 2 is 2.25 bits per heavy atom. The van der Waals surface area contributed by atoms with Crippen molar-refractivity contribution in [3.63, 3.8) is 0 Å². The summed E-state index contributed by atoms with van der Waals surface area (Å²) in [7, 11) is -0.677. The number of aromatic nitrogens is 1. The topological polar surface area (TPSA) is 44.9 Å². The standard InChI is InChI=1S/C16H22N2OS/c1-20(19)11-5-10-17-15-9-4-7-13-12-6-2-3-8-14(12)18-16(13)15/h2-3,6,8,15,17-18H,4-5,7,9-11H2,1H3. The van der Waals surface area contributed by atoms with Crippen molar-refractivity contribution < 1.29 is 4.21 Å². The molecular formula is C16H22N2OS. The van der Waals surface area contributed by atoms with Crippen molar-refractivity contribution in [3.05, 3.63) is 35.5 Å². The Labute approximate surface area is 122 Å². The van der Waals surface area contributed by atoms with Crippen LogP contribution in [0.1, 0.15) is 36.6 Å². The molecule has 0 saturated heterocycles. The van der Waals surface area contributed by atoms with Crippen molar-refractivity contribution in [1.29, 1.82) is 0 Å². The summed E-state index contributed by atoms with van der Waals surface area (Å²) in [6, 6.07) is 9.00. The molecule has 1 heterocycles. The molecular weight excluding hydrogens is 268 g/mol. The third-order valence-corrected chi connectivity index (χ3v) is 4.98. The van der Waals surface area contributed by atoms with E-state index in [9.17, 15) is 4.21 Å². The first-order valence-electron chi connectivity index (χ1n) is 7.38. The zero-order valence-corrected chi connectivity index (χ0v) is 12.8. The molecule has 0 saturated carbocycles. The van der Waals surface area contributed by atoms with E-state index in [0.717, 1.165) is 18.7 Å². The highest BCUT2D eigenvalue weighted by Crippen LogP contribution is 2.34. The van der Waals surface area contributed by atoms with Crippen LogP contribution in [0, 0.1) is 0 Å². The Hall–Kier alpha value is -1.13. The molecule has 2 atom stereocenters. The molecule has 0 aliphatic heterocycles. The Kier molecular flexibility index (Phi) is 4.22. The Bertz CT molecular complexity index is 620. The molecule has 0 radical (unpaired) electrons. The highest BCUT2D eigenvalue weighted by Gasteiger charge is 2.23. The van der Waals surface area contributed by atoms with Gasteiger partial charge in [-0.25, -0.2) is 0 Å². The molecule has 108 valence electrons. The van der Waals surface area contributed by atoms with E-state index in [0.29, 0.717) is 6.04 Å². The largest absolute Gasteiger partial charge is 0.357 e. The number of hydrogen-bond acceptors (Lipinski definition) is 2. The minimum absolute atomic E-state index is 0.427. The average molecular weight is 290 g/mol. The van der Waals surface area contributed by atoms with Crippen LogP contribution < -0.4 is 5.32 Å². The molecule has 0 amide bonds. The number of aryl methyl sites for hydroxylation is 1. The maximum absolute atomic E-state index is 11.1. The molecule has 0 spiro atoms. The van der Waals surface area contributed by atoms with Crippen LogP contribution in [0.5, 0.6) is 0 Å². The molecule has 2 unspecified atom stereocenters. The molecule has 1 aliphatic rings. The van der Waals surface area contributed by atoms with Crippen molar-refractivity contribution in [1.82, 2.24) is 10.3 Å². The van der Waals surface area contributed by atoms with Crippen molar-refractivity contribution in [3.8, 4) is 0 Å². The van der Waals surface area contributed by atoms with Crippen LogP contribution in [0.2, 0.25) is 0 Å². The highest BCUT2D eigenvalue weighted by atomic mass is 32.2. The summed E-state index contributed by atoms with van der Waals surface area (Å²) in [5.74, 6) is 0.791. The van der Waals surface area contributed by atoms with E-state index in [-0.39, 0.29) is 0 Å². The first-order chi connectivity index (χ1) is 9.75. The van der Waals surface area contributed by atoms with Crippen LogP contribution >= 0.6 is 0 Å². The third kappa shape index (κ3) is 2.81. The van der Waals surface area contributed by atoms with Gasteiger partial charge in [-0.15, -0.1) is 0 Å². The van der Waals surface area contributed by atoms with E-state index in [2.05, 4.69) is 34.6 Å². The second-order valence-electron chi connectivity index (χ2n) is 5.59. The fourth-order valence-electron chi connectivity index (χ4n) is 3.17. The zero-order chi connectivity index (χ0) is 13.9. The van der Waals surface area contributed by atoms with Crippen molar-refractivity contribution in [2.45, 2.75) is 31.7 Å². The van der Waals surface area contributed by atoms with E-state index < -0.39 is 10.8 Å². The number of H-pyrrole nitrogens is 1. The summed E-state index contributed by atoms with van der Waals surface area (Å²) in [6.07, 6.45) is 6.36. The zero-order valence-electron chi connectivity index (χ0n) is 11.9. The lowest BCUT2D eigenvalue weighted by molar-refractivity contribution is 0.454. The van der Waals surface area contributed by atoms with Gasteiger partial charge in [0.1, 0.15) is 0 Å². The molecule has 1 aromatic heterocycles. The molecule has 0 fully saturated rings. The van der Waals surface area contributed by atoms with Gasteiger partial charge in [-0.05, 0) is 43.9 Å². The second kappa shape index (κ2) is 6.10. The number of hydrogen-bond donors (Lipinski definition) is 2. The van der Waals surface area contributed by atoms with Gasteiger partial charge in [0.2, 0.25) is 0 Å². The van der Waals surface area contributed by atoms with Gasteiger partial charge >= 0.3 is 0 Å². The van der Waals surface area contributed by atoms with Crippen LogP contribution in [-0.2, 0) is 17.2 Å². The van der Waals surface area contributed by atoms with Crippen LogP contribution in [0.4, 0.5) is 0 Å². The Morgan fingerprint density at radius 3 is 3.10 bits per heavy atom. The average Bonchev–Trinajstić information content (AvgIpc) is 2.83. The molecule has 4 heteroatoms. The normalized spacial score (nSPS) is 19.9. The minimum Gasteiger partial charge on any atom is -0.357 e. The third-order valence-electron chi connectivity index (χ3n) is 4.11. The summed E-state index contributed by atoms with van der Waals surface area (Å²) in [5, 5.41) is 5.01. The van der Waals surface area contributed by atoms with Crippen LogP contribution in [0.15, 0.2) is 24.3 Å². The molecule has 1 aromatic carbocycles. The number of benzene rings is 1. The van der Waals surface area contributed by atoms with Gasteiger partial charge in [0, 0.05) is 45.4 Å². The van der Waals surface area contributed by atoms with Crippen LogP contribution in [0.3, 0.4) is 0 Å². The van der Waals surface area contributed by atoms with Gasteiger partial charge in [0.25, 0.3) is 0 Å². The van der Waals surface area contributed by atoms with Crippen molar-refractivity contribution in [2.24, 2.45) is 0 Å². The van der Waals surface area contributed by atoms with E-state index in [1.54, 1.807) is 6.26 Å². The fourth-order valence-corrected chi connectivity index (χ4v) is 3.72. The molecule has 2 aromatic rings. The number of para-hydroxylation sites is 1. The molecule has 3 nitrogen and oxygen atoms in total. The predicted octanol–water partition coefficient (Wildman–Crippen LogP) is 2.90. The smallest absolute Gasteiger partial charge is 0.0476 e. The lowest BCUT2D eigenvalue weighted by Gasteiger charge is -2.24. The second-order valence-corrected chi connectivity index (χ2v) is 7.15. The van der Waals surface area contributed by atoms with Gasteiger partial charge in [0.15, 0.2) is 0 Å². The molecule has 1 aliphatic carbocycles. The molecule has 20 heavy (non-hydrogen) atoms. The molecule has 2 N–H and O–H groups in total. The maximum atomic E-state index is 11.1. The van der Waals surface area contributed by atoms with E-state index in [1.165, 1.54) is 41.4 Å². The van der Waals surface area contributed by atoms with E-state index in [4.69, 9.17) is 0 Å². The maximum Gasteiger partial charge on any atom is 0.0476 e. The van der Waals surface area contributed by atoms with Gasteiger partial charge in [-0.2, -0.15) is 0 Å². The molecule has 0 bridgehead atoms. The predicted molar refractivity (Wildman–Crippen MR) is 85.5 cm³/mol. The van der Waals surface area contributed by atoms with Crippen molar-refractivity contribution >= 4 is 21.7 Å². The minimum atomic E-state index is -0.677. The van der Waals surface area contributed by atoms with Gasteiger partial charge < -0.3 is 10.3 Å². The first-order valence-corrected chi connectivity index (χ1v) is 9.11. The van der Waals surface area contributed by atoms with Crippen LogP contribution in [-0.4, -0.2) is 27.7 Å². The SMILES string of the molecule is CS(=O)CCCNC1CCCc2c1[nH]c1ccccc21. The summed E-state index contributed by atoms with van der Waals surface area (Å²) < 4.78 is 11.1. The van der Waals surface area contributed by atoms with Gasteiger partial charge in [-0.1, -0.05) is 18.2 Å². The van der Waals surface area contributed by atoms with E-state index >= 15 is 0 Å². The lowest BCUT2D eigenvalue weighted by Crippen LogP contribution is -2.26. The number of nitrogens with one attached hydrogen (secondary N) is 2. The lowest BCUT2D eigenvalue weighted by atomic mass is 9.91. The number of rotatable bonds is 5. The quantitative estimate of drug-likeness (QED) is 0.832. The molecule has 3 rings (SSSR count). The van der Waals surface area contributed by atoms with Gasteiger partial charge in [-0.3, -0.25) is 4.21 Å². The summed E-state index contributed by atoms with van der Waals surface area (Å²) in [6.45, 7) is 0.944. The summed E-state index contributed by atoms with van der Waals surface area (Å²) in [5.41, 5.74) is 4.11. The monoisotopic (exact) mass is 290 g/mol.